The monoisotopic (exact) mass is 939 g/mol. The predicted molar refractivity (Wildman–Crippen MR) is 289 cm³/mol. The zero-order valence-corrected chi connectivity index (χ0v) is 44.7. The second-order valence-electron chi connectivity index (χ2n) is 19.6. The van der Waals surface area contributed by atoms with E-state index in [1.165, 1.54) is 167 Å². The van der Waals surface area contributed by atoms with Crippen molar-refractivity contribution >= 4 is 17.9 Å². The number of hydrogen-bond acceptors (Lipinski definition) is 6. The van der Waals surface area contributed by atoms with Gasteiger partial charge in [-0.1, -0.05) is 256 Å². The molecule has 0 bridgehead atoms. The van der Waals surface area contributed by atoms with Crippen LogP contribution in [0.5, 0.6) is 0 Å². The smallest absolute Gasteiger partial charge is 0.306 e. The summed E-state index contributed by atoms with van der Waals surface area (Å²) in [6, 6.07) is 0. The number of carbonyl (C=O) groups is 3. The molecule has 0 saturated heterocycles. The third kappa shape index (κ3) is 54.2. The lowest BCUT2D eigenvalue weighted by Crippen LogP contribution is -2.30. The number of carbonyl (C=O) groups excluding carboxylic acids is 3. The standard InChI is InChI=1S/C61H110O6/c1-4-7-10-13-16-19-21-23-24-25-26-27-28-29-30-31-32-33-34-35-36-38-39-42-45-48-51-54-60(63)66-57-58(56-65-59(62)53-50-47-44-41-18-15-12-9-6-3)67-61(64)55-52-49-46-43-40-37-22-20-17-14-11-8-5-2/h11,14,20-23,25-26,58H,4-10,12-13,15-19,24,27-57H2,1-3H3/b14-11-,22-20-,23-21-,26-25-. The largest absolute Gasteiger partial charge is 0.462 e. The van der Waals surface area contributed by atoms with Crippen molar-refractivity contribution in [2.75, 3.05) is 13.2 Å². The molecule has 0 spiro atoms. The molecule has 0 heterocycles. The van der Waals surface area contributed by atoms with E-state index in [0.717, 1.165) is 96.3 Å². The van der Waals surface area contributed by atoms with E-state index in [-0.39, 0.29) is 31.1 Å². The Kier molecular flexibility index (Phi) is 53.8. The summed E-state index contributed by atoms with van der Waals surface area (Å²) >= 11 is 0. The van der Waals surface area contributed by atoms with Crippen LogP contribution in [0, 0.1) is 0 Å². The van der Waals surface area contributed by atoms with Crippen LogP contribution in [0.2, 0.25) is 0 Å². The van der Waals surface area contributed by atoms with E-state index in [2.05, 4.69) is 69.4 Å². The Bertz CT molecular complexity index is 1170. The van der Waals surface area contributed by atoms with E-state index in [9.17, 15) is 14.4 Å². The highest BCUT2D eigenvalue weighted by Gasteiger charge is 2.19. The number of ether oxygens (including phenoxy) is 3. The van der Waals surface area contributed by atoms with E-state index in [0.29, 0.717) is 19.3 Å². The normalized spacial score (nSPS) is 12.3. The van der Waals surface area contributed by atoms with Crippen molar-refractivity contribution in [1.29, 1.82) is 0 Å². The van der Waals surface area contributed by atoms with Crippen molar-refractivity contribution in [3.05, 3.63) is 48.6 Å². The fraction of sp³-hybridized carbons (Fsp3) is 0.820. The molecule has 1 unspecified atom stereocenters. The van der Waals surface area contributed by atoms with Gasteiger partial charge in [0.05, 0.1) is 0 Å². The Morgan fingerprint density at radius 2 is 0.567 bits per heavy atom. The molecule has 1 atom stereocenters. The van der Waals surface area contributed by atoms with Crippen LogP contribution in [-0.4, -0.2) is 37.2 Å². The minimum absolute atomic E-state index is 0.0759. The lowest BCUT2D eigenvalue weighted by atomic mass is 10.0. The average molecular weight is 940 g/mol. The SMILES string of the molecule is CCC/C=C\C/C=C\CCCCCCCC(=O)OC(COC(=O)CCCCCCCCCCC)COC(=O)CCCCCCCCCCCCCCCCC/C=C\C/C=C\CCCCCCC. The molecule has 390 valence electrons. The van der Waals surface area contributed by atoms with E-state index >= 15 is 0 Å². The van der Waals surface area contributed by atoms with Gasteiger partial charge >= 0.3 is 17.9 Å². The van der Waals surface area contributed by atoms with Crippen molar-refractivity contribution in [3.63, 3.8) is 0 Å². The van der Waals surface area contributed by atoms with Gasteiger partial charge in [0, 0.05) is 19.3 Å². The Morgan fingerprint density at radius 3 is 0.881 bits per heavy atom. The maximum absolute atomic E-state index is 12.8. The van der Waals surface area contributed by atoms with Crippen LogP contribution in [0.15, 0.2) is 48.6 Å². The van der Waals surface area contributed by atoms with Gasteiger partial charge in [0.25, 0.3) is 0 Å². The first-order valence-corrected chi connectivity index (χ1v) is 29.1. The molecule has 0 aromatic rings. The summed E-state index contributed by atoms with van der Waals surface area (Å²) in [6.07, 6.45) is 68.4. The zero-order valence-electron chi connectivity index (χ0n) is 44.7. The first-order chi connectivity index (χ1) is 33.0. The summed E-state index contributed by atoms with van der Waals surface area (Å²) in [6.45, 7) is 6.56. The molecule has 0 aliphatic rings. The van der Waals surface area contributed by atoms with Crippen molar-refractivity contribution < 1.29 is 28.6 Å². The predicted octanol–water partition coefficient (Wildman–Crippen LogP) is 19.4. The van der Waals surface area contributed by atoms with Crippen LogP contribution in [0.1, 0.15) is 303 Å². The summed E-state index contributed by atoms with van der Waals surface area (Å²) < 4.78 is 16.8. The molecular weight excluding hydrogens is 829 g/mol. The molecular formula is C61H110O6. The van der Waals surface area contributed by atoms with E-state index in [1.54, 1.807) is 0 Å². The molecule has 0 amide bonds. The molecule has 0 saturated carbocycles. The minimum atomic E-state index is -0.776. The van der Waals surface area contributed by atoms with E-state index in [4.69, 9.17) is 14.2 Å². The summed E-state index contributed by atoms with van der Waals surface area (Å²) in [4.78, 5) is 38.0. The molecule has 67 heavy (non-hydrogen) atoms. The molecule has 0 fully saturated rings. The quantitative estimate of drug-likeness (QED) is 0.0262. The van der Waals surface area contributed by atoms with Crippen LogP contribution in [0.3, 0.4) is 0 Å². The summed E-state index contributed by atoms with van der Waals surface area (Å²) in [5, 5.41) is 0. The lowest BCUT2D eigenvalue weighted by Gasteiger charge is -2.18. The number of unbranched alkanes of at least 4 members (excludes halogenated alkanes) is 34. The van der Waals surface area contributed by atoms with Gasteiger partial charge in [-0.3, -0.25) is 14.4 Å². The molecule has 6 heteroatoms. The van der Waals surface area contributed by atoms with E-state index in [1.807, 2.05) is 0 Å². The Morgan fingerprint density at radius 1 is 0.299 bits per heavy atom. The third-order valence-corrected chi connectivity index (χ3v) is 12.8. The first kappa shape index (κ1) is 64.4. The van der Waals surface area contributed by atoms with E-state index < -0.39 is 6.10 Å². The van der Waals surface area contributed by atoms with Crippen LogP contribution >= 0.6 is 0 Å². The van der Waals surface area contributed by atoms with Gasteiger partial charge < -0.3 is 14.2 Å². The van der Waals surface area contributed by atoms with Gasteiger partial charge in [-0.2, -0.15) is 0 Å². The fourth-order valence-electron chi connectivity index (χ4n) is 8.39. The van der Waals surface area contributed by atoms with Crippen molar-refractivity contribution in [1.82, 2.24) is 0 Å². The highest BCUT2D eigenvalue weighted by Crippen LogP contribution is 2.16. The number of hydrogen-bond donors (Lipinski definition) is 0. The van der Waals surface area contributed by atoms with Crippen LogP contribution in [-0.2, 0) is 28.6 Å². The van der Waals surface area contributed by atoms with Crippen LogP contribution < -0.4 is 0 Å². The van der Waals surface area contributed by atoms with Gasteiger partial charge in [-0.05, 0) is 77.0 Å². The van der Waals surface area contributed by atoms with Gasteiger partial charge in [0.2, 0.25) is 0 Å². The third-order valence-electron chi connectivity index (χ3n) is 12.8. The lowest BCUT2D eigenvalue weighted by molar-refractivity contribution is -0.167. The highest BCUT2D eigenvalue weighted by molar-refractivity contribution is 5.71. The Hall–Kier alpha value is -2.63. The summed E-state index contributed by atoms with van der Waals surface area (Å²) in [5.41, 5.74) is 0. The second-order valence-corrected chi connectivity index (χ2v) is 19.6. The van der Waals surface area contributed by atoms with Gasteiger partial charge in [-0.25, -0.2) is 0 Å². The van der Waals surface area contributed by atoms with Gasteiger partial charge in [-0.15, -0.1) is 0 Å². The van der Waals surface area contributed by atoms with Crippen molar-refractivity contribution in [2.45, 2.75) is 309 Å². The zero-order chi connectivity index (χ0) is 48.6. The van der Waals surface area contributed by atoms with Crippen LogP contribution in [0.25, 0.3) is 0 Å². The average Bonchev–Trinajstić information content (AvgIpc) is 3.33. The molecule has 0 aliphatic heterocycles. The summed E-state index contributed by atoms with van der Waals surface area (Å²) in [5.74, 6) is -0.882. The van der Waals surface area contributed by atoms with Gasteiger partial charge in [0.15, 0.2) is 6.10 Å². The van der Waals surface area contributed by atoms with Crippen molar-refractivity contribution in [3.8, 4) is 0 Å². The fourth-order valence-corrected chi connectivity index (χ4v) is 8.39. The number of esters is 3. The second kappa shape index (κ2) is 56.0. The maximum Gasteiger partial charge on any atom is 0.306 e. The minimum Gasteiger partial charge on any atom is -0.462 e. The molecule has 0 aliphatic carbocycles. The van der Waals surface area contributed by atoms with Crippen molar-refractivity contribution in [2.24, 2.45) is 0 Å². The van der Waals surface area contributed by atoms with Gasteiger partial charge in [0.1, 0.15) is 13.2 Å². The first-order valence-electron chi connectivity index (χ1n) is 29.1. The molecule has 0 rings (SSSR count). The highest BCUT2D eigenvalue weighted by atomic mass is 16.6. The molecule has 0 N–H and O–H groups in total. The van der Waals surface area contributed by atoms with Crippen LogP contribution in [0.4, 0.5) is 0 Å². The molecule has 0 aromatic carbocycles. The Labute approximate surface area is 416 Å². The molecule has 6 nitrogen and oxygen atoms in total. The number of rotatable bonds is 53. The number of allylic oxidation sites excluding steroid dienone is 8. The molecule has 0 aromatic heterocycles. The molecule has 0 radical (unpaired) electrons. The topological polar surface area (TPSA) is 78.9 Å². The summed E-state index contributed by atoms with van der Waals surface area (Å²) in [7, 11) is 0. The maximum atomic E-state index is 12.8. The Balaban J connectivity index is 4.12.